The minimum absolute atomic E-state index is 0.479. The molecule has 4 heteroatoms. The molecule has 1 unspecified atom stereocenters. The maximum absolute atomic E-state index is 9.36. The van der Waals surface area contributed by atoms with Crippen molar-refractivity contribution in [3.63, 3.8) is 0 Å². The van der Waals surface area contributed by atoms with E-state index in [0.717, 1.165) is 23.6 Å². The lowest BCUT2D eigenvalue weighted by Gasteiger charge is -2.37. The fourth-order valence-corrected chi connectivity index (χ4v) is 2.88. The lowest BCUT2D eigenvalue weighted by molar-refractivity contribution is 0.248. The summed E-state index contributed by atoms with van der Waals surface area (Å²) in [7, 11) is 4.26. The van der Waals surface area contributed by atoms with E-state index in [2.05, 4.69) is 34.9 Å². The van der Waals surface area contributed by atoms with Gasteiger partial charge in [-0.1, -0.05) is 0 Å². The molecule has 102 valence electrons. The molecule has 0 N–H and O–H groups in total. The van der Waals surface area contributed by atoms with E-state index in [0.29, 0.717) is 11.6 Å². The molecular weight excluding hydrogens is 236 g/mol. The summed E-state index contributed by atoms with van der Waals surface area (Å²) in [6.45, 7) is 6.13. The molecule has 1 aromatic heterocycles. The van der Waals surface area contributed by atoms with Gasteiger partial charge in [0.1, 0.15) is 6.07 Å². The summed E-state index contributed by atoms with van der Waals surface area (Å²) in [4.78, 5) is 9.01. The molecule has 1 saturated heterocycles. The molecule has 2 rings (SSSR count). The van der Waals surface area contributed by atoms with Crippen LogP contribution in [-0.2, 0) is 0 Å². The first-order valence-electron chi connectivity index (χ1n) is 6.82. The topological polar surface area (TPSA) is 43.2 Å². The fourth-order valence-electron chi connectivity index (χ4n) is 2.88. The number of likely N-dealkylation sites (N-methyl/N-ethyl adjacent to an activating group) is 2. The van der Waals surface area contributed by atoms with Crippen molar-refractivity contribution in [1.29, 1.82) is 5.26 Å². The van der Waals surface area contributed by atoms with E-state index in [-0.39, 0.29) is 0 Å². The molecule has 0 aromatic carbocycles. The third-order valence-electron chi connectivity index (χ3n) is 3.95. The number of likely N-dealkylation sites (tertiary alicyclic amines) is 1. The molecular formula is C15H22N4. The first kappa shape index (κ1) is 13.8. The third kappa shape index (κ3) is 2.87. The second-order valence-electron chi connectivity index (χ2n) is 5.52. The van der Waals surface area contributed by atoms with Crippen molar-refractivity contribution in [3.8, 4) is 6.07 Å². The van der Waals surface area contributed by atoms with E-state index in [1.54, 1.807) is 0 Å². The van der Waals surface area contributed by atoms with Crippen LogP contribution < -0.4 is 4.90 Å². The Morgan fingerprint density at radius 1 is 1.47 bits per heavy atom. The second kappa shape index (κ2) is 5.58. The number of nitrogens with zero attached hydrogens (tertiary/aromatic N) is 4. The zero-order valence-corrected chi connectivity index (χ0v) is 12.3. The summed E-state index contributed by atoms with van der Waals surface area (Å²) in [5.41, 5.74) is 3.53. The molecule has 1 aromatic rings. The number of rotatable bonds is 2. The second-order valence-corrected chi connectivity index (χ2v) is 5.52. The lowest BCUT2D eigenvalue weighted by atomic mass is 10.0. The predicted octanol–water partition coefficient (Wildman–Crippen LogP) is 2.10. The Labute approximate surface area is 115 Å². The Morgan fingerprint density at radius 3 is 2.84 bits per heavy atom. The summed E-state index contributed by atoms with van der Waals surface area (Å²) >= 11 is 0. The first-order chi connectivity index (χ1) is 9.02. The molecule has 0 bridgehead atoms. The zero-order valence-electron chi connectivity index (χ0n) is 12.3. The highest BCUT2D eigenvalue weighted by molar-refractivity contribution is 5.61. The van der Waals surface area contributed by atoms with Crippen LogP contribution in [0.3, 0.4) is 0 Å². The van der Waals surface area contributed by atoms with Gasteiger partial charge in [0.2, 0.25) is 0 Å². The van der Waals surface area contributed by atoms with Crippen LogP contribution in [0, 0.1) is 25.2 Å². The van der Waals surface area contributed by atoms with Gasteiger partial charge in [-0.25, -0.2) is 0 Å². The summed E-state index contributed by atoms with van der Waals surface area (Å²) in [6, 6.07) is 4.81. The lowest BCUT2D eigenvalue weighted by Crippen LogP contribution is -2.45. The Morgan fingerprint density at radius 2 is 2.21 bits per heavy atom. The van der Waals surface area contributed by atoms with Crippen molar-refractivity contribution in [2.24, 2.45) is 0 Å². The Balaban J connectivity index is 2.33. The molecule has 0 spiro atoms. The minimum atomic E-state index is 0.479. The Bertz CT molecular complexity index is 504. The zero-order chi connectivity index (χ0) is 14.0. The molecule has 0 saturated carbocycles. The molecule has 0 aliphatic carbocycles. The summed E-state index contributed by atoms with van der Waals surface area (Å²) < 4.78 is 0. The van der Waals surface area contributed by atoms with Crippen molar-refractivity contribution in [2.75, 3.05) is 32.1 Å². The van der Waals surface area contributed by atoms with Crippen LogP contribution >= 0.6 is 0 Å². The van der Waals surface area contributed by atoms with Gasteiger partial charge in [-0.15, -0.1) is 0 Å². The van der Waals surface area contributed by atoms with E-state index in [1.807, 2.05) is 19.9 Å². The van der Waals surface area contributed by atoms with Crippen LogP contribution in [0.5, 0.6) is 0 Å². The number of anilines is 1. The fraction of sp³-hybridized carbons (Fsp3) is 0.600. The monoisotopic (exact) mass is 258 g/mol. The van der Waals surface area contributed by atoms with Gasteiger partial charge in [0.05, 0.1) is 16.9 Å². The number of nitriles is 1. The molecule has 2 heterocycles. The van der Waals surface area contributed by atoms with Gasteiger partial charge in [-0.05, 0) is 46.3 Å². The van der Waals surface area contributed by atoms with E-state index in [1.165, 1.54) is 19.4 Å². The van der Waals surface area contributed by atoms with Crippen molar-refractivity contribution in [3.05, 3.63) is 23.0 Å². The van der Waals surface area contributed by atoms with E-state index in [4.69, 9.17) is 0 Å². The average Bonchev–Trinajstić information content (AvgIpc) is 2.37. The number of aryl methyl sites for hydroxylation is 2. The highest BCUT2D eigenvalue weighted by Crippen LogP contribution is 2.26. The van der Waals surface area contributed by atoms with Crippen molar-refractivity contribution in [2.45, 2.75) is 32.7 Å². The van der Waals surface area contributed by atoms with Crippen LogP contribution in [0.4, 0.5) is 5.69 Å². The van der Waals surface area contributed by atoms with Crippen LogP contribution in [0.25, 0.3) is 0 Å². The van der Waals surface area contributed by atoms with Crippen LogP contribution in [-0.4, -0.2) is 43.1 Å². The van der Waals surface area contributed by atoms with E-state index >= 15 is 0 Å². The molecule has 19 heavy (non-hydrogen) atoms. The summed E-state index contributed by atoms with van der Waals surface area (Å²) in [6.07, 6.45) is 2.41. The van der Waals surface area contributed by atoms with Crippen molar-refractivity contribution >= 4 is 5.69 Å². The Hall–Kier alpha value is -1.60. The first-order valence-corrected chi connectivity index (χ1v) is 6.82. The average molecular weight is 258 g/mol. The van der Waals surface area contributed by atoms with Gasteiger partial charge in [0, 0.05) is 25.3 Å². The van der Waals surface area contributed by atoms with Gasteiger partial charge in [-0.2, -0.15) is 5.26 Å². The number of piperidine rings is 1. The predicted molar refractivity (Wildman–Crippen MR) is 77.3 cm³/mol. The third-order valence-corrected chi connectivity index (χ3v) is 3.95. The Kier molecular flexibility index (Phi) is 4.06. The van der Waals surface area contributed by atoms with E-state index < -0.39 is 0 Å². The largest absolute Gasteiger partial charge is 0.369 e. The summed E-state index contributed by atoms with van der Waals surface area (Å²) in [5.74, 6) is 0. The number of hydrogen-bond acceptors (Lipinski definition) is 4. The normalized spacial score (nSPS) is 20.1. The highest BCUT2D eigenvalue weighted by atomic mass is 15.2. The molecule has 1 fully saturated rings. The van der Waals surface area contributed by atoms with Gasteiger partial charge < -0.3 is 9.80 Å². The van der Waals surface area contributed by atoms with Crippen molar-refractivity contribution in [1.82, 2.24) is 9.88 Å². The SMILES string of the molecule is Cc1cc(N(C)C2CCCN(C)C2)c(C#N)c(C)n1. The maximum Gasteiger partial charge on any atom is 0.103 e. The maximum atomic E-state index is 9.36. The number of hydrogen-bond donors (Lipinski definition) is 0. The molecule has 1 aliphatic rings. The molecule has 1 aliphatic heterocycles. The molecule has 4 nitrogen and oxygen atoms in total. The summed E-state index contributed by atoms with van der Waals surface area (Å²) in [5, 5.41) is 9.36. The van der Waals surface area contributed by atoms with Gasteiger partial charge >= 0.3 is 0 Å². The quantitative estimate of drug-likeness (QED) is 0.815. The van der Waals surface area contributed by atoms with Crippen LogP contribution in [0.2, 0.25) is 0 Å². The smallest absolute Gasteiger partial charge is 0.103 e. The van der Waals surface area contributed by atoms with Gasteiger partial charge in [-0.3, -0.25) is 4.98 Å². The van der Waals surface area contributed by atoms with Crippen molar-refractivity contribution < 1.29 is 0 Å². The number of aromatic nitrogens is 1. The minimum Gasteiger partial charge on any atom is -0.369 e. The van der Waals surface area contributed by atoms with E-state index in [9.17, 15) is 5.26 Å². The van der Waals surface area contributed by atoms with Gasteiger partial charge in [0.15, 0.2) is 0 Å². The van der Waals surface area contributed by atoms with Gasteiger partial charge in [0.25, 0.3) is 0 Å². The highest BCUT2D eigenvalue weighted by Gasteiger charge is 2.23. The molecule has 0 radical (unpaired) electrons. The molecule has 1 atom stereocenters. The number of pyridine rings is 1. The van der Waals surface area contributed by atoms with Crippen LogP contribution in [0.1, 0.15) is 29.8 Å². The van der Waals surface area contributed by atoms with Crippen LogP contribution in [0.15, 0.2) is 6.07 Å². The molecule has 0 amide bonds. The standard InChI is InChI=1S/C15H22N4/c1-11-8-15(14(9-16)12(2)17-11)19(4)13-6-5-7-18(3)10-13/h8,13H,5-7,10H2,1-4H3.